The lowest BCUT2D eigenvalue weighted by molar-refractivity contribution is 0.347. The molecule has 0 saturated carbocycles. The molecule has 98 valence electrons. The van der Waals surface area contributed by atoms with Crippen molar-refractivity contribution >= 4 is 11.6 Å². The topological polar surface area (TPSA) is 41.6 Å². The zero-order valence-corrected chi connectivity index (χ0v) is 11.2. The predicted molar refractivity (Wildman–Crippen MR) is 73.2 cm³/mol. The summed E-state index contributed by atoms with van der Waals surface area (Å²) in [4.78, 5) is 6.23. The lowest BCUT2D eigenvalue weighted by Crippen LogP contribution is -2.42. The molecule has 0 fully saturated rings. The molecular weight excluding hydrogens is 229 g/mol. The number of anilines is 1. The van der Waals surface area contributed by atoms with Crippen molar-refractivity contribution in [1.82, 2.24) is 0 Å². The average molecular weight is 249 g/mol. The van der Waals surface area contributed by atoms with Crippen molar-refractivity contribution < 1.29 is 4.39 Å². The van der Waals surface area contributed by atoms with E-state index >= 15 is 0 Å². The normalized spacial score (nSPS) is 20.1. The summed E-state index contributed by atoms with van der Waals surface area (Å²) in [5.74, 6) is 0.233. The molecule has 18 heavy (non-hydrogen) atoms. The first-order chi connectivity index (χ1) is 8.37. The summed E-state index contributed by atoms with van der Waals surface area (Å²) >= 11 is 0. The number of hydrogen-bond acceptors (Lipinski definition) is 3. The summed E-state index contributed by atoms with van der Waals surface area (Å²) in [6.45, 7) is 7.24. The van der Waals surface area contributed by atoms with E-state index in [9.17, 15) is 4.39 Å². The Bertz CT molecular complexity index is 462. The first-order valence-electron chi connectivity index (χ1n) is 6.21. The van der Waals surface area contributed by atoms with Gasteiger partial charge in [0.1, 0.15) is 5.82 Å². The molecule has 1 aliphatic rings. The molecule has 0 aliphatic carbocycles. The molecule has 2 rings (SSSR count). The third kappa shape index (κ3) is 2.81. The highest BCUT2D eigenvalue weighted by Gasteiger charge is 2.30. The van der Waals surface area contributed by atoms with Gasteiger partial charge in [0.05, 0.1) is 12.6 Å². The van der Waals surface area contributed by atoms with Crippen molar-refractivity contribution in [3.05, 3.63) is 30.1 Å². The summed E-state index contributed by atoms with van der Waals surface area (Å²) in [7, 11) is 0. The molecule has 0 amide bonds. The Labute approximate surface area is 108 Å². The van der Waals surface area contributed by atoms with Gasteiger partial charge in [0.15, 0.2) is 5.96 Å². The van der Waals surface area contributed by atoms with Crippen LogP contribution in [0.15, 0.2) is 29.3 Å². The molecule has 0 bridgehead atoms. The summed E-state index contributed by atoms with van der Waals surface area (Å²) in [5, 5.41) is 0. The Balaban J connectivity index is 2.25. The highest BCUT2D eigenvalue weighted by Crippen LogP contribution is 2.29. The first-order valence-corrected chi connectivity index (χ1v) is 6.21. The number of nitrogens with zero attached hydrogens (tertiary/aromatic N) is 2. The maximum Gasteiger partial charge on any atom is 0.196 e. The van der Waals surface area contributed by atoms with Crippen molar-refractivity contribution in [3.8, 4) is 0 Å². The van der Waals surface area contributed by atoms with E-state index < -0.39 is 0 Å². The molecule has 0 saturated heterocycles. The van der Waals surface area contributed by atoms with Gasteiger partial charge in [0, 0.05) is 5.69 Å². The SMILES string of the molecule is CC(C)(C)CC1CN=C(N)N1c1cccc(F)c1. The molecule has 1 heterocycles. The lowest BCUT2D eigenvalue weighted by atomic mass is 9.87. The molecule has 4 heteroatoms. The van der Waals surface area contributed by atoms with Crippen molar-refractivity contribution in [2.75, 3.05) is 11.4 Å². The number of hydrogen-bond donors (Lipinski definition) is 1. The van der Waals surface area contributed by atoms with Crippen LogP contribution in [-0.4, -0.2) is 18.5 Å². The monoisotopic (exact) mass is 249 g/mol. The van der Waals surface area contributed by atoms with Crippen LogP contribution in [0.4, 0.5) is 10.1 Å². The molecule has 0 radical (unpaired) electrons. The standard InChI is InChI=1S/C14H20FN3/c1-14(2,3)8-12-9-17-13(16)18(12)11-6-4-5-10(15)7-11/h4-7,12H,8-9H2,1-3H3,(H2,16,17). The third-order valence-electron chi connectivity index (χ3n) is 3.01. The summed E-state index contributed by atoms with van der Waals surface area (Å²) in [5.41, 5.74) is 6.90. The number of aliphatic imine (C=N–C) groups is 1. The van der Waals surface area contributed by atoms with Gasteiger partial charge in [0.2, 0.25) is 0 Å². The van der Waals surface area contributed by atoms with E-state index in [1.165, 1.54) is 12.1 Å². The Kier molecular flexibility index (Phi) is 3.28. The fourth-order valence-electron chi connectivity index (χ4n) is 2.38. The largest absolute Gasteiger partial charge is 0.370 e. The second-order valence-electron chi connectivity index (χ2n) is 5.97. The van der Waals surface area contributed by atoms with Crippen LogP contribution >= 0.6 is 0 Å². The number of guanidine groups is 1. The van der Waals surface area contributed by atoms with Gasteiger partial charge >= 0.3 is 0 Å². The Hall–Kier alpha value is -1.58. The molecule has 2 N–H and O–H groups in total. The number of nitrogens with two attached hydrogens (primary N) is 1. The van der Waals surface area contributed by atoms with Gasteiger partial charge in [-0.2, -0.15) is 0 Å². The van der Waals surface area contributed by atoms with Crippen LogP contribution in [0.2, 0.25) is 0 Å². The van der Waals surface area contributed by atoms with E-state index in [1.54, 1.807) is 6.07 Å². The summed E-state index contributed by atoms with van der Waals surface area (Å²) in [6.07, 6.45) is 0.966. The van der Waals surface area contributed by atoms with Crippen LogP contribution in [-0.2, 0) is 0 Å². The van der Waals surface area contributed by atoms with Crippen LogP contribution in [0.5, 0.6) is 0 Å². The highest BCUT2D eigenvalue weighted by molar-refractivity contribution is 5.97. The van der Waals surface area contributed by atoms with Crippen molar-refractivity contribution in [1.29, 1.82) is 0 Å². The van der Waals surface area contributed by atoms with Gasteiger partial charge in [-0.3, -0.25) is 4.99 Å². The van der Waals surface area contributed by atoms with Gasteiger partial charge in [-0.15, -0.1) is 0 Å². The molecule has 1 aliphatic heterocycles. The van der Waals surface area contributed by atoms with E-state index in [0.29, 0.717) is 12.5 Å². The maximum absolute atomic E-state index is 13.3. The molecule has 0 spiro atoms. The Morgan fingerprint density at radius 2 is 2.17 bits per heavy atom. The average Bonchev–Trinajstić information content (AvgIpc) is 2.57. The highest BCUT2D eigenvalue weighted by atomic mass is 19.1. The number of benzene rings is 1. The number of rotatable bonds is 2. The predicted octanol–water partition coefficient (Wildman–Crippen LogP) is 2.77. The van der Waals surface area contributed by atoms with E-state index in [0.717, 1.165) is 12.1 Å². The fourth-order valence-corrected chi connectivity index (χ4v) is 2.38. The van der Waals surface area contributed by atoms with E-state index in [1.807, 2.05) is 11.0 Å². The summed E-state index contributed by atoms with van der Waals surface area (Å²) < 4.78 is 13.3. The van der Waals surface area contributed by atoms with Crippen molar-refractivity contribution in [2.24, 2.45) is 16.1 Å². The molecule has 1 aromatic rings. The smallest absolute Gasteiger partial charge is 0.196 e. The first kappa shape index (κ1) is 12.9. The molecule has 1 aromatic carbocycles. The Morgan fingerprint density at radius 3 is 2.78 bits per heavy atom. The van der Waals surface area contributed by atoms with Crippen LogP contribution in [0.3, 0.4) is 0 Å². The third-order valence-corrected chi connectivity index (χ3v) is 3.01. The zero-order chi connectivity index (χ0) is 13.3. The molecule has 1 unspecified atom stereocenters. The minimum Gasteiger partial charge on any atom is -0.370 e. The van der Waals surface area contributed by atoms with Gasteiger partial charge in [0.25, 0.3) is 0 Å². The van der Waals surface area contributed by atoms with E-state index in [4.69, 9.17) is 5.73 Å². The second-order valence-corrected chi connectivity index (χ2v) is 5.97. The molecular formula is C14H20FN3. The quantitative estimate of drug-likeness (QED) is 0.875. The van der Waals surface area contributed by atoms with Gasteiger partial charge < -0.3 is 10.6 Å². The van der Waals surface area contributed by atoms with Crippen molar-refractivity contribution in [2.45, 2.75) is 33.2 Å². The van der Waals surface area contributed by atoms with E-state index in [2.05, 4.69) is 25.8 Å². The van der Waals surface area contributed by atoms with Gasteiger partial charge in [-0.1, -0.05) is 26.8 Å². The van der Waals surface area contributed by atoms with Gasteiger partial charge in [-0.25, -0.2) is 4.39 Å². The van der Waals surface area contributed by atoms with Crippen LogP contribution in [0, 0.1) is 11.2 Å². The molecule has 3 nitrogen and oxygen atoms in total. The minimum atomic E-state index is -0.248. The zero-order valence-electron chi connectivity index (χ0n) is 11.2. The van der Waals surface area contributed by atoms with Gasteiger partial charge in [-0.05, 0) is 30.0 Å². The van der Waals surface area contributed by atoms with E-state index in [-0.39, 0.29) is 17.3 Å². The van der Waals surface area contributed by atoms with Crippen LogP contribution in [0.25, 0.3) is 0 Å². The van der Waals surface area contributed by atoms with Crippen LogP contribution in [0.1, 0.15) is 27.2 Å². The fraction of sp³-hybridized carbons (Fsp3) is 0.500. The summed E-state index contributed by atoms with van der Waals surface area (Å²) in [6, 6.07) is 6.72. The van der Waals surface area contributed by atoms with Crippen molar-refractivity contribution in [3.63, 3.8) is 0 Å². The minimum absolute atomic E-state index is 0.191. The molecule has 1 atom stereocenters. The van der Waals surface area contributed by atoms with Crippen LogP contribution < -0.4 is 10.6 Å². The maximum atomic E-state index is 13.3. The Morgan fingerprint density at radius 1 is 1.44 bits per heavy atom. The second kappa shape index (κ2) is 4.59. The lowest BCUT2D eigenvalue weighted by Gasteiger charge is -2.31. The molecule has 0 aromatic heterocycles. The number of halogens is 1.